The van der Waals surface area contributed by atoms with Gasteiger partial charge in [-0.15, -0.1) is 0 Å². The topological polar surface area (TPSA) is 52.7 Å². The summed E-state index contributed by atoms with van der Waals surface area (Å²) in [6.07, 6.45) is 0.877. The van der Waals surface area contributed by atoms with Crippen molar-refractivity contribution in [3.05, 3.63) is 34.4 Å². The van der Waals surface area contributed by atoms with E-state index in [9.17, 15) is 4.79 Å². The highest BCUT2D eigenvalue weighted by Gasteiger charge is 2.15. The maximum Gasteiger partial charge on any atom is 0.143 e. The number of aryl methyl sites for hydroxylation is 4. The van der Waals surface area contributed by atoms with E-state index in [4.69, 9.17) is 0 Å². The highest BCUT2D eigenvalue weighted by molar-refractivity contribution is 5.83. The van der Waals surface area contributed by atoms with Crippen molar-refractivity contribution in [3.8, 4) is 0 Å². The van der Waals surface area contributed by atoms with Crippen molar-refractivity contribution in [2.75, 3.05) is 0 Å². The van der Waals surface area contributed by atoms with Crippen LogP contribution in [0.15, 0.2) is 6.07 Å². The third kappa shape index (κ3) is 2.81. The Balaban J connectivity index is 2.13. The summed E-state index contributed by atoms with van der Waals surface area (Å²) in [6.45, 7) is 8.74. The monoisotopic (exact) mass is 274 g/mol. The number of aromatic nitrogens is 4. The Kier molecular flexibility index (Phi) is 4.06. The molecule has 0 amide bonds. The second kappa shape index (κ2) is 5.61. The molecule has 0 unspecified atom stereocenters. The Labute approximate surface area is 119 Å². The summed E-state index contributed by atoms with van der Waals surface area (Å²) in [7, 11) is 1.91. The number of carbonyl (C=O) groups excluding carboxylic acids is 1. The standard InChI is InChI=1S/C15H22N4O/c1-6-19-13(7-10(2)16-19)8-14(20)9-15-11(3)17-18(5)12(15)4/h7H,6,8-9H2,1-5H3. The number of ketones is 1. The van der Waals surface area contributed by atoms with Crippen molar-refractivity contribution in [3.63, 3.8) is 0 Å². The molecular formula is C15H22N4O. The molecule has 5 nitrogen and oxygen atoms in total. The lowest BCUT2D eigenvalue weighted by atomic mass is 10.0. The largest absolute Gasteiger partial charge is 0.299 e. The lowest BCUT2D eigenvalue weighted by Gasteiger charge is -2.05. The Hall–Kier alpha value is -1.91. The van der Waals surface area contributed by atoms with Gasteiger partial charge in [-0.2, -0.15) is 10.2 Å². The van der Waals surface area contributed by atoms with Gasteiger partial charge < -0.3 is 0 Å². The van der Waals surface area contributed by atoms with Gasteiger partial charge in [-0.3, -0.25) is 14.2 Å². The molecule has 0 bridgehead atoms. The quantitative estimate of drug-likeness (QED) is 0.837. The van der Waals surface area contributed by atoms with Crippen LogP contribution in [0.2, 0.25) is 0 Å². The molecule has 0 saturated carbocycles. The molecule has 0 N–H and O–H groups in total. The highest BCUT2D eigenvalue weighted by Crippen LogP contribution is 2.14. The van der Waals surface area contributed by atoms with E-state index in [0.717, 1.165) is 34.9 Å². The van der Waals surface area contributed by atoms with Crippen molar-refractivity contribution in [2.24, 2.45) is 7.05 Å². The lowest BCUT2D eigenvalue weighted by molar-refractivity contribution is -0.117. The number of rotatable bonds is 5. The summed E-state index contributed by atoms with van der Waals surface area (Å²) in [4.78, 5) is 12.3. The van der Waals surface area contributed by atoms with Crippen LogP contribution >= 0.6 is 0 Å². The smallest absolute Gasteiger partial charge is 0.143 e. The predicted molar refractivity (Wildman–Crippen MR) is 77.7 cm³/mol. The second-order valence-corrected chi connectivity index (χ2v) is 5.26. The number of hydrogen-bond donors (Lipinski definition) is 0. The molecule has 0 aliphatic rings. The van der Waals surface area contributed by atoms with Gasteiger partial charge in [-0.25, -0.2) is 0 Å². The molecule has 5 heteroatoms. The first-order chi connectivity index (χ1) is 9.42. The van der Waals surface area contributed by atoms with E-state index < -0.39 is 0 Å². The molecule has 0 aliphatic heterocycles. The van der Waals surface area contributed by atoms with E-state index in [1.165, 1.54) is 0 Å². The minimum Gasteiger partial charge on any atom is -0.299 e. The van der Waals surface area contributed by atoms with Gasteiger partial charge >= 0.3 is 0 Å². The zero-order valence-corrected chi connectivity index (χ0v) is 12.9. The molecule has 0 aliphatic carbocycles. The molecule has 0 aromatic carbocycles. The van der Waals surface area contributed by atoms with Crippen molar-refractivity contribution in [2.45, 2.75) is 47.1 Å². The minimum atomic E-state index is 0.207. The van der Waals surface area contributed by atoms with Crippen molar-refractivity contribution >= 4 is 5.78 Å². The van der Waals surface area contributed by atoms with Gasteiger partial charge in [0.05, 0.1) is 11.4 Å². The third-order valence-electron chi connectivity index (χ3n) is 3.70. The Bertz CT molecular complexity index is 637. The van der Waals surface area contributed by atoms with Crippen LogP contribution in [0.25, 0.3) is 0 Å². The predicted octanol–water partition coefficient (Wildman–Crippen LogP) is 1.92. The Morgan fingerprint density at radius 3 is 2.45 bits per heavy atom. The van der Waals surface area contributed by atoms with E-state index in [2.05, 4.69) is 10.2 Å². The van der Waals surface area contributed by atoms with Crippen LogP contribution < -0.4 is 0 Å². The van der Waals surface area contributed by atoms with Crippen molar-refractivity contribution < 1.29 is 4.79 Å². The average molecular weight is 274 g/mol. The number of Topliss-reactive ketones (excluding diaryl/α,β-unsaturated/α-hetero) is 1. The van der Waals surface area contributed by atoms with E-state index in [1.54, 1.807) is 0 Å². The fourth-order valence-electron chi connectivity index (χ4n) is 2.55. The normalized spacial score (nSPS) is 11.1. The van der Waals surface area contributed by atoms with E-state index in [1.807, 2.05) is 50.2 Å². The zero-order chi connectivity index (χ0) is 14.9. The van der Waals surface area contributed by atoms with Crippen LogP contribution in [0, 0.1) is 20.8 Å². The number of hydrogen-bond acceptors (Lipinski definition) is 3. The zero-order valence-electron chi connectivity index (χ0n) is 12.9. The van der Waals surface area contributed by atoms with Crippen LogP contribution in [-0.4, -0.2) is 25.3 Å². The maximum absolute atomic E-state index is 12.3. The molecule has 0 atom stereocenters. The van der Waals surface area contributed by atoms with Crippen LogP contribution in [0.4, 0.5) is 0 Å². The van der Waals surface area contributed by atoms with Crippen LogP contribution in [0.5, 0.6) is 0 Å². The summed E-state index contributed by atoms with van der Waals surface area (Å²) in [6, 6.07) is 1.99. The average Bonchev–Trinajstić information content (AvgIpc) is 2.84. The molecule has 2 heterocycles. The second-order valence-electron chi connectivity index (χ2n) is 5.26. The van der Waals surface area contributed by atoms with Gasteiger partial charge in [0.25, 0.3) is 0 Å². The fraction of sp³-hybridized carbons (Fsp3) is 0.533. The van der Waals surface area contributed by atoms with Gasteiger partial charge in [0, 0.05) is 43.4 Å². The summed E-state index contributed by atoms with van der Waals surface area (Å²) in [5.74, 6) is 0.207. The summed E-state index contributed by atoms with van der Waals surface area (Å²) >= 11 is 0. The summed E-state index contributed by atoms with van der Waals surface area (Å²) in [5, 5.41) is 8.73. The third-order valence-corrected chi connectivity index (χ3v) is 3.70. The van der Waals surface area contributed by atoms with Crippen LogP contribution in [0.3, 0.4) is 0 Å². The molecule has 0 saturated heterocycles. The molecule has 108 valence electrons. The molecule has 20 heavy (non-hydrogen) atoms. The molecular weight excluding hydrogens is 252 g/mol. The number of nitrogens with zero attached hydrogens (tertiary/aromatic N) is 4. The van der Waals surface area contributed by atoms with Gasteiger partial charge in [0.1, 0.15) is 5.78 Å². The molecule has 2 aromatic rings. The van der Waals surface area contributed by atoms with Crippen molar-refractivity contribution in [1.29, 1.82) is 0 Å². The molecule has 0 spiro atoms. The molecule has 0 radical (unpaired) electrons. The van der Waals surface area contributed by atoms with Crippen LogP contribution in [0.1, 0.15) is 35.3 Å². The van der Waals surface area contributed by atoms with E-state index in [0.29, 0.717) is 12.8 Å². The SMILES string of the molecule is CCn1nc(C)cc1CC(=O)Cc1c(C)nn(C)c1C. The number of carbonyl (C=O) groups is 1. The maximum atomic E-state index is 12.3. The fourth-order valence-corrected chi connectivity index (χ4v) is 2.55. The van der Waals surface area contributed by atoms with E-state index in [-0.39, 0.29) is 5.78 Å². The summed E-state index contributed by atoms with van der Waals surface area (Å²) in [5.41, 5.74) is 5.02. The lowest BCUT2D eigenvalue weighted by Crippen LogP contribution is -2.12. The minimum absolute atomic E-state index is 0.207. The van der Waals surface area contributed by atoms with Gasteiger partial charge in [-0.05, 0) is 33.8 Å². The van der Waals surface area contributed by atoms with Crippen molar-refractivity contribution in [1.82, 2.24) is 19.6 Å². The van der Waals surface area contributed by atoms with Gasteiger partial charge in [0.15, 0.2) is 0 Å². The summed E-state index contributed by atoms with van der Waals surface area (Å²) < 4.78 is 3.73. The molecule has 2 aromatic heterocycles. The highest BCUT2D eigenvalue weighted by atomic mass is 16.1. The first-order valence-corrected chi connectivity index (χ1v) is 6.96. The van der Waals surface area contributed by atoms with Gasteiger partial charge in [0.2, 0.25) is 0 Å². The Morgan fingerprint density at radius 2 is 1.90 bits per heavy atom. The van der Waals surface area contributed by atoms with Gasteiger partial charge in [-0.1, -0.05) is 0 Å². The Morgan fingerprint density at radius 1 is 1.20 bits per heavy atom. The first-order valence-electron chi connectivity index (χ1n) is 6.96. The van der Waals surface area contributed by atoms with Crippen LogP contribution in [-0.2, 0) is 31.2 Å². The van der Waals surface area contributed by atoms with E-state index >= 15 is 0 Å². The first kappa shape index (κ1) is 14.5. The molecule has 2 rings (SSSR count). The molecule has 0 fully saturated rings.